The van der Waals surface area contributed by atoms with Gasteiger partial charge in [-0.2, -0.15) is 0 Å². The number of hydrogen-bond donors (Lipinski definition) is 1. The number of nitrogens with zero attached hydrogens (tertiary/aromatic N) is 2. The first-order valence-corrected chi connectivity index (χ1v) is 7.33. The Balaban J connectivity index is 1.80. The van der Waals surface area contributed by atoms with Crippen molar-refractivity contribution in [2.45, 2.75) is 32.4 Å². The third-order valence-electron chi connectivity index (χ3n) is 2.98. The van der Waals surface area contributed by atoms with Gasteiger partial charge in [-0.1, -0.05) is 11.8 Å². The minimum absolute atomic E-state index is 0.197. The summed E-state index contributed by atoms with van der Waals surface area (Å²) in [6.07, 6.45) is 0. The minimum Gasteiger partial charge on any atom is -0.379 e. The van der Waals surface area contributed by atoms with Crippen molar-refractivity contribution < 1.29 is 4.74 Å². The molecule has 0 saturated carbocycles. The van der Waals surface area contributed by atoms with E-state index >= 15 is 0 Å². The molecule has 0 aromatic carbocycles. The number of hydrogen-bond acceptors (Lipinski definition) is 4. The molecule has 2 aliphatic heterocycles. The molecule has 0 aliphatic carbocycles. The second kappa shape index (κ2) is 5.59. The van der Waals surface area contributed by atoms with E-state index < -0.39 is 0 Å². The topological polar surface area (TPSA) is 36.9 Å². The molecule has 2 rings (SSSR count). The van der Waals surface area contributed by atoms with Gasteiger partial charge in [0.25, 0.3) is 0 Å². The summed E-state index contributed by atoms with van der Waals surface area (Å²) in [7, 11) is 0. The van der Waals surface area contributed by atoms with Crippen molar-refractivity contribution in [3.05, 3.63) is 0 Å². The van der Waals surface area contributed by atoms with Crippen LogP contribution >= 0.6 is 11.8 Å². The molecule has 4 nitrogen and oxygen atoms in total. The highest BCUT2D eigenvalue weighted by molar-refractivity contribution is 8.14. The van der Waals surface area contributed by atoms with Crippen LogP contribution in [0.1, 0.15) is 20.8 Å². The summed E-state index contributed by atoms with van der Waals surface area (Å²) in [5.41, 5.74) is 0.197. The molecule has 1 unspecified atom stereocenters. The molecule has 0 aromatic rings. The van der Waals surface area contributed by atoms with Gasteiger partial charge in [-0.15, -0.1) is 0 Å². The van der Waals surface area contributed by atoms with Crippen molar-refractivity contribution in [1.29, 1.82) is 0 Å². The summed E-state index contributed by atoms with van der Waals surface area (Å²) in [6, 6.07) is 0.358. The Morgan fingerprint density at radius 3 is 2.76 bits per heavy atom. The lowest BCUT2D eigenvalue weighted by Crippen LogP contribution is -2.41. The Morgan fingerprint density at radius 2 is 2.18 bits per heavy atom. The van der Waals surface area contributed by atoms with E-state index in [1.54, 1.807) is 0 Å². The Bertz CT molecular complexity index is 287. The average Bonchev–Trinajstić information content (AvgIpc) is 2.59. The zero-order valence-electron chi connectivity index (χ0n) is 11.0. The lowest BCUT2D eigenvalue weighted by atomic mass is 10.1. The van der Waals surface area contributed by atoms with E-state index in [9.17, 15) is 0 Å². The summed E-state index contributed by atoms with van der Waals surface area (Å²) in [5.74, 6) is 1.11. The van der Waals surface area contributed by atoms with Gasteiger partial charge in [0, 0.05) is 30.9 Å². The maximum atomic E-state index is 5.35. The minimum atomic E-state index is 0.197. The van der Waals surface area contributed by atoms with Crippen LogP contribution in [0.5, 0.6) is 0 Å². The normalized spacial score (nSPS) is 29.2. The predicted molar refractivity (Wildman–Crippen MR) is 73.8 cm³/mol. The van der Waals surface area contributed by atoms with Crippen LogP contribution in [-0.4, -0.2) is 60.2 Å². The van der Waals surface area contributed by atoms with E-state index in [2.05, 4.69) is 31.0 Å². The van der Waals surface area contributed by atoms with Gasteiger partial charge in [0.05, 0.1) is 19.3 Å². The van der Waals surface area contributed by atoms with E-state index in [-0.39, 0.29) is 5.54 Å². The first-order chi connectivity index (χ1) is 8.05. The van der Waals surface area contributed by atoms with E-state index in [0.29, 0.717) is 6.04 Å². The molecular formula is C12H23N3OS. The molecule has 5 heteroatoms. The zero-order chi connectivity index (χ0) is 12.3. The van der Waals surface area contributed by atoms with Crippen LogP contribution in [0.15, 0.2) is 4.99 Å². The Labute approximate surface area is 108 Å². The lowest BCUT2D eigenvalue weighted by molar-refractivity contribution is 0.0361. The summed E-state index contributed by atoms with van der Waals surface area (Å²) < 4.78 is 5.35. The van der Waals surface area contributed by atoms with Gasteiger partial charge in [-0.05, 0) is 20.8 Å². The van der Waals surface area contributed by atoms with Crippen molar-refractivity contribution in [1.82, 2.24) is 10.2 Å². The molecule has 0 aromatic heterocycles. The molecule has 1 atom stereocenters. The Hall–Kier alpha value is -0.260. The SMILES string of the molecule is CC(CN1CCOCC1)N=C1NC(C)(C)CS1. The first kappa shape index (κ1) is 13.2. The zero-order valence-corrected chi connectivity index (χ0v) is 11.8. The molecule has 2 heterocycles. The van der Waals surface area contributed by atoms with Gasteiger partial charge < -0.3 is 10.1 Å². The fourth-order valence-corrected chi connectivity index (χ4v) is 3.25. The summed E-state index contributed by atoms with van der Waals surface area (Å²) in [5, 5.41) is 4.58. The van der Waals surface area contributed by atoms with Crippen molar-refractivity contribution in [3.8, 4) is 0 Å². The van der Waals surface area contributed by atoms with E-state index in [1.807, 2.05) is 11.8 Å². The number of morpholine rings is 1. The number of aliphatic imine (C=N–C) groups is 1. The average molecular weight is 257 g/mol. The first-order valence-electron chi connectivity index (χ1n) is 6.34. The van der Waals surface area contributed by atoms with E-state index in [0.717, 1.165) is 43.8 Å². The summed E-state index contributed by atoms with van der Waals surface area (Å²) >= 11 is 1.84. The molecule has 0 bridgehead atoms. The standard InChI is InChI=1S/C12H23N3OS/c1-10(8-15-4-6-16-7-5-15)13-11-14-12(2,3)9-17-11/h10H,4-9H2,1-3H3,(H,13,14). The largest absolute Gasteiger partial charge is 0.379 e. The summed E-state index contributed by atoms with van der Waals surface area (Å²) in [6.45, 7) is 11.5. The number of amidine groups is 1. The number of nitrogens with one attached hydrogen (secondary N) is 1. The third kappa shape index (κ3) is 4.16. The predicted octanol–water partition coefficient (Wildman–Crippen LogP) is 1.18. The van der Waals surface area contributed by atoms with Gasteiger partial charge >= 0.3 is 0 Å². The van der Waals surface area contributed by atoms with Gasteiger partial charge in [0.1, 0.15) is 0 Å². The molecule has 2 saturated heterocycles. The third-order valence-corrected chi connectivity index (χ3v) is 4.33. The Kier molecular flexibility index (Phi) is 4.33. The highest BCUT2D eigenvalue weighted by atomic mass is 32.2. The second-order valence-electron chi connectivity index (χ2n) is 5.49. The van der Waals surface area contributed by atoms with Crippen LogP contribution in [-0.2, 0) is 4.74 Å². The lowest BCUT2D eigenvalue weighted by Gasteiger charge is -2.28. The summed E-state index contributed by atoms with van der Waals surface area (Å²) in [4.78, 5) is 7.19. The number of thioether (sulfide) groups is 1. The fourth-order valence-electron chi connectivity index (χ4n) is 2.08. The molecule has 2 fully saturated rings. The fraction of sp³-hybridized carbons (Fsp3) is 0.917. The molecule has 98 valence electrons. The van der Waals surface area contributed by atoms with Crippen LogP contribution < -0.4 is 5.32 Å². The molecule has 0 spiro atoms. The number of rotatable bonds is 3. The van der Waals surface area contributed by atoms with E-state index in [4.69, 9.17) is 9.73 Å². The maximum Gasteiger partial charge on any atom is 0.157 e. The Morgan fingerprint density at radius 1 is 1.47 bits per heavy atom. The molecular weight excluding hydrogens is 234 g/mol. The highest BCUT2D eigenvalue weighted by Crippen LogP contribution is 2.22. The van der Waals surface area contributed by atoms with E-state index in [1.165, 1.54) is 0 Å². The van der Waals surface area contributed by atoms with Gasteiger partial charge in [-0.3, -0.25) is 9.89 Å². The smallest absolute Gasteiger partial charge is 0.157 e. The quantitative estimate of drug-likeness (QED) is 0.824. The molecule has 0 radical (unpaired) electrons. The highest BCUT2D eigenvalue weighted by Gasteiger charge is 2.27. The van der Waals surface area contributed by atoms with Crippen LogP contribution in [0.4, 0.5) is 0 Å². The number of ether oxygens (including phenoxy) is 1. The molecule has 2 aliphatic rings. The van der Waals surface area contributed by atoms with Crippen LogP contribution in [0.25, 0.3) is 0 Å². The van der Waals surface area contributed by atoms with Gasteiger partial charge in [0.15, 0.2) is 5.17 Å². The second-order valence-corrected chi connectivity index (χ2v) is 6.46. The van der Waals surface area contributed by atoms with Crippen LogP contribution in [0.3, 0.4) is 0 Å². The van der Waals surface area contributed by atoms with Gasteiger partial charge in [-0.25, -0.2) is 0 Å². The van der Waals surface area contributed by atoms with Crippen molar-refractivity contribution in [2.75, 3.05) is 38.6 Å². The molecule has 1 N–H and O–H groups in total. The van der Waals surface area contributed by atoms with Crippen molar-refractivity contribution in [3.63, 3.8) is 0 Å². The van der Waals surface area contributed by atoms with Gasteiger partial charge in [0.2, 0.25) is 0 Å². The maximum absolute atomic E-state index is 5.35. The van der Waals surface area contributed by atoms with Crippen LogP contribution in [0.2, 0.25) is 0 Å². The molecule has 17 heavy (non-hydrogen) atoms. The monoisotopic (exact) mass is 257 g/mol. The van der Waals surface area contributed by atoms with Crippen LogP contribution in [0, 0.1) is 0 Å². The molecule has 0 amide bonds. The van der Waals surface area contributed by atoms with Crippen molar-refractivity contribution in [2.24, 2.45) is 4.99 Å². The van der Waals surface area contributed by atoms with Crippen molar-refractivity contribution >= 4 is 16.9 Å².